The molecule has 0 aliphatic carbocycles. The average molecular weight is 717 g/mol. The van der Waals surface area contributed by atoms with Crippen LogP contribution in [0.3, 0.4) is 0 Å². The second kappa shape index (κ2) is 12.0. The molecule has 4 heteroatoms. The average Bonchev–Trinajstić information content (AvgIpc) is 3.95. The smallest absolute Gasteiger partial charge is 0.143 e. The zero-order chi connectivity index (χ0) is 36.7. The van der Waals surface area contributed by atoms with E-state index in [1.165, 1.54) is 21.8 Å². The van der Waals surface area contributed by atoms with Gasteiger partial charge >= 0.3 is 0 Å². The van der Waals surface area contributed by atoms with Crippen molar-refractivity contribution in [1.29, 1.82) is 0 Å². The van der Waals surface area contributed by atoms with Gasteiger partial charge in [-0.25, -0.2) is 0 Å². The van der Waals surface area contributed by atoms with Crippen molar-refractivity contribution < 1.29 is 8.83 Å². The highest BCUT2D eigenvalue weighted by molar-refractivity contribution is 6.20. The Morgan fingerprint density at radius 1 is 0.393 bits per heavy atom. The van der Waals surface area contributed by atoms with E-state index >= 15 is 0 Å². The fraction of sp³-hybridized carbons (Fsp3) is 0. The van der Waals surface area contributed by atoms with Gasteiger partial charge in [-0.2, -0.15) is 0 Å². The Balaban J connectivity index is 1.08. The number of anilines is 3. The van der Waals surface area contributed by atoms with Gasteiger partial charge in [0.15, 0.2) is 0 Å². The van der Waals surface area contributed by atoms with Crippen molar-refractivity contribution in [2.24, 2.45) is 0 Å². The lowest BCUT2D eigenvalue weighted by Crippen LogP contribution is -2.11. The Kier molecular flexibility index (Phi) is 6.60. The van der Waals surface area contributed by atoms with Crippen molar-refractivity contribution in [2.75, 3.05) is 4.90 Å². The molecule has 4 nitrogen and oxygen atoms in total. The maximum Gasteiger partial charge on any atom is 0.143 e. The van der Waals surface area contributed by atoms with Crippen molar-refractivity contribution in [3.63, 3.8) is 0 Å². The van der Waals surface area contributed by atoms with Crippen LogP contribution < -0.4 is 4.90 Å². The summed E-state index contributed by atoms with van der Waals surface area (Å²) in [6.07, 6.45) is 0. The molecule has 0 aliphatic heterocycles. The number of fused-ring (bicyclic) bond motifs is 11. The van der Waals surface area contributed by atoms with E-state index < -0.39 is 0 Å². The number of hydrogen-bond acceptors (Lipinski definition) is 3. The summed E-state index contributed by atoms with van der Waals surface area (Å²) in [6.45, 7) is 0. The molecule has 0 saturated carbocycles. The van der Waals surface area contributed by atoms with E-state index in [1.54, 1.807) is 0 Å². The van der Waals surface area contributed by atoms with Crippen LogP contribution in [0.1, 0.15) is 0 Å². The fourth-order valence-electron chi connectivity index (χ4n) is 8.89. The summed E-state index contributed by atoms with van der Waals surface area (Å²) in [5.74, 6) is 0. The minimum Gasteiger partial charge on any atom is -0.455 e. The lowest BCUT2D eigenvalue weighted by atomic mass is 10.0. The zero-order valence-electron chi connectivity index (χ0n) is 30.2. The summed E-state index contributed by atoms with van der Waals surface area (Å²) >= 11 is 0. The quantitative estimate of drug-likeness (QED) is 0.178. The lowest BCUT2D eigenvalue weighted by molar-refractivity contribution is 0.670. The van der Waals surface area contributed by atoms with Crippen LogP contribution in [-0.2, 0) is 0 Å². The molecule has 0 bridgehead atoms. The SMILES string of the molecule is c1cc(N(c2ccc(-c3cccc4c3oc3ccccc34)cc2)c2cccc3oc4c5ccccc5ccc4c23)cc(-n2c3ccccc3c3ccccc32)c1. The molecule has 0 spiro atoms. The Labute approximate surface area is 321 Å². The first-order valence-electron chi connectivity index (χ1n) is 19.0. The molecular formula is C52H32N2O2. The molecule has 0 atom stereocenters. The van der Waals surface area contributed by atoms with Gasteiger partial charge < -0.3 is 18.3 Å². The molecule has 0 fully saturated rings. The van der Waals surface area contributed by atoms with Crippen LogP contribution in [-0.4, -0.2) is 4.57 Å². The largest absolute Gasteiger partial charge is 0.455 e. The van der Waals surface area contributed by atoms with Crippen LogP contribution >= 0.6 is 0 Å². The second-order valence-corrected chi connectivity index (χ2v) is 14.5. The molecule has 3 aromatic heterocycles. The van der Waals surface area contributed by atoms with Gasteiger partial charge in [-0.05, 0) is 77.7 Å². The Bertz CT molecular complexity index is 3440. The first kappa shape index (κ1) is 30.9. The lowest BCUT2D eigenvalue weighted by Gasteiger charge is -2.27. The normalized spacial score (nSPS) is 11.9. The summed E-state index contributed by atoms with van der Waals surface area (Å²) in [7, 11) is 0. The predicted octanol–water partition coefficient (Wildman–Crippen LogP) is 14.9. The van der Waals surface area contributed by atoms with Crippen LogP contribution in [0.15, 0.2) is 203 Å². The van der Waals surface area contributed by atoms with E-state index in [4.69, 9.17) is 8.83 Å². The Morgan fingerprint density at radius 2 is 1.04 bits per heavy atom. The molecule has 0 saturated heterocycles. The number of hydrogen-bond donors (Lipinski definition) is 0. The first-order valence-corrected chi connectivity index (χ1v) is 19.0. The number of aromatic nitrogens is 1. The molecule has 262 valence electrons. The summed E-state index contributed by atoms with van der Waals surface area (Å²) in [5.41, 5.74) is 12.3. The third kappa shape index (κ3) is 4.53. The standard InChI is InChI=1S/C52H32N2O2/c1-2-15-38-33(12-1)28-31-44-50-47(23-11-25-49(50)56-52(38)44)53(35-29-26-34(27-30-35)39-19-10-20-43-42-18-5-8-24-48(42)55-51(39)43)36-13-9-14-37(32-36)54-45-21-6-3-16-40(45)41-17-4-7-22-46(41)54/h1-32H. The van der Waals surface area contributed by atoms with E-state index in [2.05, 4.69) is 191 Å². The summed E-state index contributed by atoms with van der Waals surface area (Å²) < 4.78 is 15.5. The van der Waals surface area contributed by atoms with E-state index in [0.717, 1.165) is 88.5 Å². The predicted molar refractivity (Wildman–Crippen MR) is 233 cm³/mol. The van der Waals surface area contributed by atoms with Crippen LogP contribution in [0.4, 0.5) is 17.1 Å². The summed E-state index contributed by atoms with van der Waals surface area (Å²) in [6, 6.07) is 69.0. The minimum absolute atomic E-state index is 0.852. The molecule has 0 unspecified atom stereocenters. The fourth-order valence-corrected chi connectivity index (χ4v) is 8.89. The maximum atomic E-state index is 6.71. The number of benzene rings is 9. The minimum atomic E-state index is 0.852. The second-order valence-electron chi connectivity index (χ2n) is 14.5. The Hall–Kier alpha value is -7.56. The van der Waals surface area contributed by atoms with E-state index in [-0.39, 0.29) is 0 Å². The van der Waals surface area contributed by atoms with Gasteiger partial charge in [0.1, 0.15) is 22.3 Å². The number of rotatable bonds is 5. The Morgan fingerprint density at radius 3 is 1.86 bits per heavy atom. The summed E-state index contributed by atoms with van der Waals surface area (Å²) in [5, 5.41) is 9.16. The van der Waals surface area contributed by atoms with Crippen molar-refractivity contribution in [1.82, 2.24) is 4.57 Å². The number of nitrogens with zero attached hydrogens (tertiary/aromatic N) is 2. The first-order chi connectivity index (χ1) is 27.8. The van der Waals surface area contributed by atoms with Gasteiger partial charge in [-0.1, -0.05) is 127 Å². The highest BCUT2D eigenvalue weighted by Crippen LogP contribution is 2.46. The van der Waals surface area contributed by atoms with Crippen molar-refractivity contribution in [2.45, 2.75) is 0 Å². The molecule has 0 N–H and O–H groups in total. The molecule has 0 radical (unpaired) electrons. The van der Waals surface area contributed by atoms with Crippen LogP contribution in [0.2, 0.25) is 0 Å². The number of furan rings is 2. The van der Waals surface area contributed by atoms with Crippen molar-refractivity contribution in [3.8, 4) is 16.8 Å². The number of para-hydroxylation sites is 4. The molecule has 12 rings (SSSR count). The monoisotopic (exact) mass is 716 g/mol. The molecule has 0 amide bonds. The van der Waals surface area contributed by atoms with E-state index in [1.807, 2.05) is 12.1 Å². The third-order valence-corrected chi connectivity index (χ3v) is 11.4. The highest BCUT2D eigenvalue weighted by atomic mass is 16.3. The van der Waals surface area contributed by atoms with Crippen LogP contribution in [0.25, 0.3) is 93.3 Å². The van der Waals surface area contributed by atoms with Gasteiger partial charge in [0, 0.05) is 54.9 Å². The molecule has 12 aromatic rings. The van der Waals surface area contributed by atoms with Gasteiger partial charge in [0.05, 0.1) is 22.1 Å². The molecule has 56 heavy (non-hydrogen) atoms. The van der Waals surface area contributed by atoms with Crippen molar-refractivity contribution >= 4 is 93.5 Å². The third-order valence-electron chi connectivity index (χ3n) is 11.4. The highest BCUT2D eigenvalue weighted by Gasteiger charge is 2.22. The summed E-state index contributed by atoms with van der Waals surface area (Å²) in [4.78, 5) is 2.37. The zero-order valence-corrected chi connectivity index (χ0v) is 30.2. The molecule has 3 heterocycles. The van der Waals surface area contributed by atoms with Crippen molar-refractivity contribution in [3.05, 3.63) is 194 Å². The topological polar surface area (TPSA) is 34.5 Å². The van der Waals surface area contributed by atoms with Crippen LogP contribution in [0.5, 0.6) is 0 Å². The molecule has 9 aromatic carbocycles. The van der Waals surface area contributed by atoms with Crippen LogP contribution in [0, 0.1) is 0 Å². The maximum absolute atomic E-state index is 6.71. The van der Waals surface area contributed by atoms with Gasteiger partial charge in [0.2, 0.25) is 0 Å². The van der Waals surface area contributed by atoms with Gasteiger partial charge in [-0.15, -0.1) is 0 Å². The van der Waals surface area contributed by atoms with Gasteiger partial charge in [0.25, 0.3) is 0 Å². The van der Waals surface area contributed by atoms with Gasteiger partial charge in [-0.3, -0.25) is 0 Å². The van der Waals surface area contributed by atoms with E-state index in [9.17, 15) is 0 Å². The molecular weight excluding hydrogens is 685 g/mol. The molecule has 0 aliphatic rings. The van der Waals surface area contributed by atoms with E-state index in [0.29, 0.717) is 0 Å².